The van der Waals surface area contributed by atoms with Crippen LogP contribution >= 0.6 is 0 Å². The third-order valence-corrected chi connectivity index (χ3v) is 3.65. The van der Waals surface area contributed by atoms with Crippen LogP contribution in [-0.4, -0.2) is 27.8 Å². The van der Waals surface area contributed by atoms with Crippen LogP contribution in [0.2, 0.25) is 0 Å². The summed E-state index contributed by atoms with van der Waals surface area (Å²) in [6.45, 7) is 3.60. The van der Waals surface area contributed by atoms with E-state index in [1.54, 1.807) is 19.9 Å². The fourth-order valence-electron chi connectivity index (χ4n) is 2.57. The molecule has 1 aliphatic heterocycles. The van der Waals surface area contributed by atoms with E-state index in [4.69, 9.17) is 0 Å². The Kier molecular flexibility index (Phi) is 4.41. The van der Waals surface area contributed by atoms with Crippen molar-refractivity contribution in [2.24, 2.45) is 0 Å². The van der Waals surface area contributed by atoms with Gasteiger partial charge < -0.3 is 0 Å². The van der Waals surface area contributed by atoms with Gasteiger partial charge in [-0.1, -0.05) is 0 Å². The lowest BCUT2D eigenvalue weighted by molar-refractivity contribution is -0.121. The lowest BCUT2D eigenvalue weighted by atomic mass is 10.2. The normalized spacial score (nSPS) is 17.3. The van der Waals surface area contributed by atoms with E-state index < -0.39 is 29.5 Å². The third kappa shape index (κ3) is 3.45. The molecule has 1 fully saturated rings. The first kappa shape index (κ1) is 16.9. The Bertz CT molecular complexity index is 838. The molecule has 2 heterocycles. The standard InChI is InChI=1S/C16H15F2N5O2/c1-8-5-9(2)20-16(19-8)22-21-13-7-14(24)23(15(13)25)10-3-4-11(17)12(18)6-10/h3-6,13,21H,7H2,1-2H3,(H,19,20,22)/t13-/m1/s1. The predicted molar refractivity (Wildman–Crippen MR) is 85.5 cm³/mol. The van der Waals surface area contributed by atoms with E-state index in [2.05, 4.69) is 20.8 Å². The molecule has 7 nitrogen and oxygen atoms in total. The number of rotatable bonds is 4. The van der Waals surface area contributed by atoms with Crippen LogP contribution in [0.4, 0.5) is 20.4 Å². The van der Waals surface area contributed by atoms with E-state index in [1.165, 1.54) is 6.07 Å². The Labute approximate surface area is 142 Å². The zero-order valence-corrected chi connectivity index (χ0v) is 13.5. The number of anilines is 2. The molecule has 1 saturated heterocycles. The molecule has 130 valence electrons. The van der Waals surface area contributed by atoms with E-state index >= 15 is 0 Å². The van der Waals surface area contributed by atoms with Gasteiger partial charge in [0.2, 0.25) is 11.9 Å². The van der Waals surface area contributed by atoms with Crippen LogP contribution in [0.25, 0.3) is 0 Å². The van der Waals surface area contributed by atoms with Gasteiger partial charge in [-0.2, -0.15) is 0 Å². The van der Waals surface area contributed by atoms with Gasteiger partial charge in [-0.05, 0) is 32.0 Å². The number of amides is 2. The molecule has 0 unspecified atom stereocenters. The van der Waals surface area contributed by atoms with Gasteiger partial charge in [0.25, 0.3) is 5.91 Å². The summed E-state index contributed by atoms with van der Waals surface area (Å²) in [5, 5.41) is 0. The Hall–Kier alpha value is -2.94. The molecule has 1 atom stereocenters. The number of carbonyl (C=O) groups is 2. The quantitative estimate of drug-likeness (QED) is 0.646. The van der Waals surface area contributed by atoms with Crippen molar-refractivity contribution in [1.82, 2.24) is 15.4 Å². The van der Waals surface area contributed by atoms with Gasteiger partial charge in [-0.15, -0.1) is 0 Å². The predicted octanol–water partition coefficient (Wildman–Crippen LogP) is 1.62. The SMILES string of the molecule is Cc1cc(C)nc(NN[C@@H]2CC(=O)N(c3ccc(F)c(F)c3)C2=O)n1. The molecule has 2 N–H and O–H groups in total. The average Bonchev–Trinajstić information content (AvgIpc) is 2.81. The van der Waals surface area contributed by atoms with Crippen molar-refractivity contribution in [3.8, 4) is 0 Å². The van der Waals surface area contributed by atoms with Gasteiger partial charge in [0.15, 0.2) is 11.6 Å². The van der Waals surface area contributed by atoms with Gasteiger partial charge in [0.05, 0.1) is 12.1 Å². The van der Waals surface area contributed by atoms with Crippen LogP contribution in [0.5, 0.6) is 0 Å². The second-order valence-corrected chi connectivity index (χ2v) is 5.67. The Morgan fingerprint density at radius 2 is 1.76 bits per heavy atom. The molecule has 25 heavy (non-hydrogen) atoms. The zero-order chi connectivity index (χ0) is 18.1. The van der Waals surface area contributed by atoms with Crippen LogP contribution in [0.1, 0.15) is 17.8 Å². The molecule has 0 spiro atoms. The van der Waals surface area contributed by atoms with Crippen molar-refractivity contribution in [1.29, 1.82) is 0 Å². The first-order valence-corrected chi connectivity index (χ1v) is 7.51. The molecule has 0 aliphatic carbocycles. The summed E-state index contributed by atoms with van der Waals surface area (Å²) in [6.07, 6.45) is -0.129. The van der Waals surface area contributed by atoms with Crippen molar-refractivity contribution >= 4 is 23.5 Å². The monoisotopic (exact) mass is 347 g/mol. The third-order valence-electron chi connectivity index (χ3n) is 3.65. The number of halogens is 2. The summed E-state index contributed by atoms with van der Waals surface area (Å²) in [5.74, 6) is -3.00. The van der Waals surface area contributed by atoms with Gasteiger partial charge in [-0.25, -0.2) is 29.1 Å². The Morgan fingerprint density at radius 3 is 2.40 bits per heavy atom. The summed E-state index contributed by atoms with van der Waals surface area (Å²) in [4.78, 5) is 33.6. The van der Waals surface area contributed by atoms with Crippen molar-refractivity contribution in [3.63, 3.8) is 0 Å². The number of aryl methyl sites for hydroxylation is 2. The van der Waals surface area contributed by atoms with E-state index in [0.717, 1.165) is 28.4 Å². The van der Waals surface area contributed by atoms with Gasteiger partial charge in [0.1, 0.15) is 6.04 Å². The number of imide groups is 1. The van der Waals surface area contributed by atoms with Crippen molar-refractivity contribution in [3.05, 3.63) is 47.3 Å². The molecule has 0 saturated carbocycles. The minimum Gasteiger partial charge on any atom is -0.289 e. The van der Waals surface area contributed by atoms with Crippen molar-refractivity contribution < 1.29 is 18.4 Å². The van der Waals surface area contributed by atoms with Gasteiger partial charge in [0, 0.05) is 17.5 Å². The minimum atomic E-state index is -1.13. The van der Waals surface area contributed by atoms with Crippen molar-refractivity contribution in [2.75, 3.05) is 10.3 Å². The van der Waals surface area contributed by atoms with Gasteiger partial charge >= 0.3 is 0 Å². The molecular formula is C16H15F2N5O2. The highest BCUT2D eigenvalue weighted by Crippen LogP contribution is 2.24. The summed E-state index contributed by atoms with van der Waals surface area (Å²) < 4.78 is 26.4. The molecule has 0 radical (unpaired) electrons. The highest BCUT2D eigenvalue weighted by molar-refractivity contribution is 6.22. The second kappa shape index (κ2) is 6.52. The first-order chi connectivity index (χ1) is 11.8. The molecule has 1 aliphatic rings. The fourth-order valence-corrected chi connectivity index (χ4v) is 2.57. The zero-order valence-electron chi connectivity index (χ0n) is 13.5. The maximum absolute atomic E-state index is 13.4. The lowest BCUT2D eigenvalue weighted by Gasteiger charge is -2.16. The second-order valence-electron chi connectivity index (χ2n) is 5.67. The van der Waals surface area contributed by atoms with E-state index in [0.29, 0.717) is 0 Å². The highest BCUT2D eigenvalue weighted by atomic mass is 19.2. The first-order valence-electron chi connectivity index (χ1n) is 7.51. The summed E-state index contributed by atoms with van der Waals surface area (Å²) in [5.41, 5.74) is 6.88. The average molecular weight is 347 g/mol. The Balaban J connectivity index is 1.73. The smallest absolute Gasteiger partial charge is 0.253 e. The van der Waals surface area contributed by atoms with E-state index in [9.17, 15) is 18.4 Å². The van der Waals surface area contributed by atoms with Gasteiger partial charge in [-0.3, -0.25) is 15.0 Å². The maximum atomic E-state index is 13.4. The maximum Gasteiger partial charge on any atom is 0.253 e. The number of hydrogen-bond donors (Lipinski definition) is 2. The topological polar surface area (TPSA) is 87.2 Å². The molecule has 1 aromatic carbocycles. The number of aromatic nitrogens is 2. The number of hydrogen-bond acceptors (Lipinski definition) is 6. The molecular weight excluding hydrogens is 332 g/mol. The lowest BCUT2D eigenvalue weighted by Crippen LogP contribution is -2.42. The van der Waals surface area contributed by atoms with Crippen LogP contribution in [0.15, 0.2) is 24.3 Å². The van der Waals surface area contributed by atoms with Crippen LogP contribution < -0.4 is 15.8 Å². The minimum absolute atomic E-state index is 0.0131. The Morgan fingerprint density at radius 1 is 1.08 bits per heavy atom. The summed E-state index contributed by atoms with van der Waals surface area (Å²) in [6, 6.07) is 3.78. The molecule has 1 aromatic heterocycles. The van der Waals surface area contributed by atoms with Crippen LogP contribution in [0.3, 0.4) is 0 Å². The number of nitrogens with zero attached hydrogens (tertiary/aromatic N) is 3. The van der Waals surface area contributed by atoms with Crippen molar-refractivity contribution in [2.45, 2.75) is 26.3 Å². The number of nitrogens with one attached hydrogen (secondary N) is 2. The van der Waals surface area contributed by atoms with Crippen LogP contribution in [0, 0.1) is 25.5 Å². The number of carbonyl (C=O) groups excluding carboxylic acids is 2. The summed E-state index contributed by atoms with van der Waals surface area (Å²) in [7, 11) is 0. The fraction of sp³-hybridized carbons (Fsp3) is 0.250. The van der Waals surface area contributed by atoms with E-state index in [1.807, 2.05) is 0 Å². The highest BCUT2D eigenvalue weighted by Gasteiger charge is 2.39. The summed E-state index contributed by atoms with van der Waals surface area (Å²) >= 11 is 0. The largest absolute Gasteiger partial charge is 0.289 e. The van der Waals surface area contributed by atoms with Crippen LogP contribution in [-0.2, 0) is 9.59 Å². The molecule has 3 rings (SSSR count). The number of benzene rings is 1. The molecule has 9 heteroatoms. The number of hydrazine groups is 1. The molecule has 0 bridgehead atoms. The molecule has 2 amide bonds. The van der Waals surface area contributed by atoms with E-state index in [-0.39, 0.29) is 18.1 Å². The molecule has 2 aromatic rings.